The number of hydrogen-bond donors (Lipinski definition) is 2. The molecule has 4 heteroatoms. The number of aliphatic hydroxyl groups excluding tert-OH is 1. The second-order valence-electron chi connectivity index (χ2n) is 3.91. The maximum Gasteiger partial charge on any atom is 0.0760 e. The number of halogens is 2. The predicted octanol–water partition coefficient (Wildman–Crippen LogP) is 2.53. The summed E-state index contributed by atoms with van der Waals surface area (Å²) in [5.41, 5.74) is 6.85. The van der Waals surface area contributed by atoms with Crippen molar-refractivity contribution in [3.8, 4) is 0 Å². The van der Waals surface area contributed by atoms with Gasteiger partial charge >= 0.3 is 0 Å². The first-order valence-corrected chi connectivity index (χ1v) is 5.25. The van der Waals surface area contributed by atoms with Gasteiger partial charge in [-0.1, -0.05) is 23.7 Å². The Morgan fingerprint density at radius 3 is 2.60 bits per heavy atom. The Hall–Kier alpha value is -0.280. The van der Waals surface area contributed by atoms with Gasteiger partial charge in [0, 0.05) is 5.02 Å². The van der Waals surface area contributed by atoms with Crippen molar-refractivity contribution in [2.45, 2.75) is 25.0 Å². The highest BCUT2D eigenvalue weighted by molar-refractivity contribution is 6.30. The molecular weight excluding hydrogens is 233 g/mol. The average Bonchev–Trinajstić information content (AvgIpc) is 2.99. The zero-order valence-electron chi connectivity index (χ0n) is 8.27. The fraction of sp³-hybridized carbons (Fsp3) is 0.455. The van der Waals surface area contributed by atoms with Gasteiger partial charge in [-0.25, -0.2) is 0 Å². The van der Waals surface area contributed by atoms with Crippen LogP contribution in [0.25, 0.3) is 0 Å². The van der Waals surface area contributed by atoms with Gasteiger partial charge in [-0.15, -0.1) is 12.4 Å². The molecule has 1 aromatic carbocycles. The average molecular weight is 248 g/mol. The van der Waals surface area contributed by atoms with E-state index in [1.165, 1.54) is 0 Å². The standard InChI is InChI=1S/C11H14ClNO.ClH/c12-9-3-1-2-8(6-9)10(13)11(14)7-4-5-7;/h1-3,6-7,10-11,14H,4-5,13H2;1H/t10-,11+;/m1./s1. The van der Waals surface area contributed by atoms with Gasteiger partial charge in [0.25, 0.3) is 0 Å². The van der Waals surface area contributed by atoms with Crippen LogP contribution in [0.3, 0.4) is 0 Å². The number of nitrogens with two attached hydrogens (primary N) is 1. The molecule has 0 unspecified atom stereocenters. The quantitative estimate of drug-likeness (QED) is 0.863. The van der Waals surface area contributed by atoms with Crippen LogP contribution in [0.15, 0.2) is 24.3 Å². The second-order valence-corrected chi connectivity index (χ2v) is 4.35. The van der Waals surface area contributed by atoms with Crippen LogP contribution in [0.5, 0.6) is 0 Å². The minimum atomic E-state index is -0.423. The van der Waals surface area contributed by atoms with E-state index in [0.717, 1.165) is 18.4 Å². The SMILES string of the molecule is Cl.N[C@H](c1cccc(Cl)c1)[C@@H](O)C1CC1. The zero-order chi connectivity index (χ0) is 10.1. The van der Waals surface area contributed by atoms with E-state index in [1.807, 2.05) is 18.2 Å². The lowest BCUT2D eigenvalue weighted by molar-refractivity contribution is 0.122. The summed E-state index contributed by atoms with van der Waals surface area (Å²) >= 11 is 5.85. The molecule has 1 aliphatic rings. The Kier molecular flexibility index (Phi) is 4.41. The van der Waals surface area contributed by atoms with Crippen LogP contribution < -0.4 is 5.73 Å². The van der Waals surface area contributed by atoms with Crippen molar-refractivity contribution < 1.29 is 5.11 Å². The van der Waals surface area contributed by atoms with Crippen molar-refractivity contribution >= 4 is 24.0 Å². The molecule has 2 rings (SSSR count). The summed E-state index contributed by atoms with van der Waals surface area (Å²) in [4.78, 5) is 0. The van der Waals surface area contributed by atoms with Crippen molar-refractivity contribution in [2.24, 2.45) is 11.7 Å². The van der Waals surface area contributed by atoms with Gasteiger partial charge in [-0.2, -0.15) is 0 Å². The lowest BCUT2D eigenvalue weighted by Crippen LogP contribution is -2.27. The van der Waals surface area contributed by atoms with Crippen LogP contribution in [0.4, 0.5) is 0 Å². The van der Waals surface area contributed by atoms with E-state index < -0.39 is 6.10 Å². The Balaban J connectivity index is 0.00000112. The first kappa shape index (κ1) is 12.8. The van der Waals surface area contributed by atoms with E-state index >= 15 is 0 Å². The van der Waals surface area contributed by atoms with E-state index in [1.54, 1.807) is 6.07 Å². The maximum atomic E-state index is 9.83. The molecule has 1 aliphatic carbocycles. The third-order valence-corrected chi connectivity index (χ3v) is 2.94. The van der Waals surface area contributed by atoms with Crippen LogP contribution in [-0.2, 0) is 0 Å². The monoisotopic (exact) mass is 247 g/mol. The van der Waals surface area contributed by atoms with E-state index in [9.17, 15) is 5.11 Å². The van der Waals surface area contributed by atoms with Crippen LogP contribution in [-0.4, -0.2) is 11.2 Å². The minimum Gasteiger partial charge on any atom is -0.391 e. The number of hydrogen-bond acceptors (Lipinski definition) is 2. The van der Waals surface area contributed by atoms with Crippen molar-refractivity contribution in [2.75, 3.05) is 0 Å². The van der Waals surface area contributed by atoms with Gasteiger partial charge < -0.3 is 10.8 Å². The summed E-state index contributed by atoms with van der Waals surface area (Å²) < 4.78 is 0. The molecule has 1 aromatic rings. The van der Waals surface area contributed by atoms with E-state index in [0.29, 0.717) is 10.9 Å². The first-order valence-electron chi connectivity index (χ1n) is 4.87. The summed E-state index contributed by atoms with van der Waals surface area (Å²) in [6, 6.07) is 7.08. The van der Waals surface area contributed by atoms with Crippen LogP contribution >= 0.6 is 24.0 Å². The topological polar surface area (TPSA) is 46.2 Å². The molecule has 0 aliphatic heterocycles. The molecule has 0 saturated heterocycles. The molecule has 0 radical (unpaired) electrons. The normalized spacial score (nSPS) is 19.1. The van der Waals surface area contributed by atoms with Crippen LogP contribution in [0.2, 0.25) is 5.02 Å². The Bertz CT molecular complexity index is 328. The molecule has 2 nitrogen and oxygen atoms in total. The van der Waals surface area contributed by atoms with E-state index in [4.69, 9.17) is 17.3 Å². The van der Waals surface area contributed by atoms with Crippen LogP contribution in [0, 0.1) is 5.92 Å². The largest absolute Gasteiger partial charge is 0.391 e. The van der Waals surface area contributed by atoms with E-state index in [2.05, 4.69) is 0 Å². The molecule has 0 spiro atoms. The highest BCUT2D eigenvalue weighted by atomic mass is 35.5. The lowest BCUT2D eigenvalue weighted by atomic mass is 9.99. The van der Waals surface area contributed by atoms with Gasteiger partial charge in [0.1, 0.15) is 0 Å². The maximum absolute atomic E-state index is 9.83. The van der Waals surface area contributed by atoms with Crippen molar-refractivity contribution in [1.29, 1.82) is 0 Å². The molecule has 2 atom stereocenters. The molecule has 1 fully saturated rings. The molecule has 15 heavy (non-hydrogen) atoms. The number of benzene rings is 1. The molecular formula is C11H15Cl2NO. The van der Waals surface area contributed by atoms with Gasteiger partial charge in [0.15, 0.2) is 0 Å². The van der Waals surface area contributed by atoms with Crippen molar-refractivity contribution in [3.63, 3.8) is 0 Å². The molecule has 0 heterocycles. The molecule has 84 valence electrons. The van der Waals surface area contributed by atoms with Gasteiger partial charge in [-0.3, -0.25) is 0 Å². The van der Waals surface area contributed by atoms with Crippen molar-refractivity contribution in [1.82, 2.24) is 0 Å². The molecule has 3 N–H and O–H groups in total. The first-order chi connectivity index (χ1) is 6.68. The second kappa shape index (κ2) is 5.17. The fourth-order valence-corrected chi connectivity index (χ4v) is 1.84. The fourth-order valence-electron chi connectivity index (χ4n) is 1.64. The Morgan fingerprint density at radius 2 is 2.07 bits per heavy atom. The van der Waals surface area contributed by atoms with Gasteiger partial charge in [0.2, 0.25) is 0 Å². The summed E-state index contributed by atoms with van der Waals surface area (Å²) in [7, 11) is 0. The number of rotatable bonds is 3. The lowest BCUT2D eigenvalue weighted by Gasteiger charge is -2.18. The Labute approximate surface area is 101 Å². The molecule has 0 bridgehead atoms. The minimum absolute atomic E-state index is 0. The third-order valence-electron chi connectivity index (χ3n) is 2.71. The molecule has 0 aromatic heterocycles. The summed E-state index contributed by atoms with van der Waals surface area (Å²) in [5.74, 6) is 0.393. The highest BCUT2D eigenvalue weighted by Crippen LogP contribution is 2.37. The highest BCUT2D eigenvalue weighted by Gasteiger charge is 2.34. The predicted molar refractivity (Wildman–Crippen MR) is 64.4 cm³/mol. The van der Waals surface area contributed by atoms with Crippen molar-refractivity contribution in [3.05, 3.63) is 34.9 Å². The van der Waals surface area contributed by atoms with Gasteiger partial charge in [-0.05, 0) is 36.5 Å². The Morgan fingerprint density at radius 1 is 1.40 bits per heavy atom. The van der Waals surface area contributed by atoms with Crippen LogP contribution in [0.1, 0.15) is 24.4 Å². The third kappa shape index (κ3) is 3.08. The summed E-state index contributed by atoms with van der Waals surface area (Å²) in [6.45, 7) is 0. The summed E-state index contributed by atoms with van der Waals surface area (Å²) in [5, 5.41) is 10.5. The number of aliphatic hydroxyl groups is 1. The smallest absolute Gasteiger partial charge is 0.0760 e. The molecule has 1 saturated carbocycles. The molecule has 0 amide bonds. The van der Waals surface area contributed by atoms with Gasteiger partial charge in [0.05, 0.1) is 12.1 Å². The summed E-state index contributed by atoms with van der Waals surface area (Å²) in [6.07, 6.45) is 1.76. The zero-order valence-corrected chi connectivity index (χ0v) is 9.84. The van der Waals surface area contributed by atoms with E-state index in [-0.39, 0.29) is 18.4 Å².